The van der Waals surface area contributed by atoms with Crippen LogP contribution in [0.25, 0.3) is 0 Å². The number of halogens is 2. The molecule has 100 valence electrons. The lowest BCUT2D eigenvalue weighted by Gasteiger charge is -2.06. The number of esters is 1. The smallest absolute Gasteiger partial charge is 0.348 e. The molecule has 3 nitrogen and oxygen atoms in total. The highest BCUT2D eigenvalue weighted by Gasteiger charge is 2.13. The van der Waals surface area contributed by atoms with Gasteiger partial charge in [-0.25, -0.2) is 4.79 Å². The van der Waals surface area contributed by atoms with E-state index in [0.717, 1.165) is 4.88 Å². The van der Waals surface area contributed by atoms with Crippen LogP contribution in [0, 0.1) is 6.92 Å². The van der Waals surface area contributed by atoms with Crippen LogP contribution in [0.5, 0.6) is 0 Å². The number of thiophene rings is 1. The SMILES string of the molecule is Cc1sc(C(=O)OCc2cccc(Cl)c2Cl)cc1N. The quantitative estimate of drug-likeness (QED) is 0.859. The Morgan fingerprint density at radius 2 is 2.16 bits per heavy atom. The van der Waals surface area contributed by atoms with Gasteiger partial charge in [-0.2, -0.15) is 0 Å². The molecular formula is C13H11Cl2NO2S. The van der Waals surface area contributed by atoms with Gasteiger partial charge < -0.3 is 10.5 Å². The molecule has 2 aromatic rings. The molecule has 19 heavy (non-hydrogen) atoms. The fourth-order valence-corrected chi connectivity index (χ4v) is 2.68. The predicted octanol–water partition coefficient (Wildman–Crippen LogP) is 4.30. The summed E-state index contributed by atoms with van der Waals surface area (Å²) in [6.07, 6.45) is 0. The number of benzene rings is 1. The van der Waals surface area contributed by atoms with Crippen molar-refractivity contribution in [1.82, 2.24) is 0 Å². The molecule has 1 heterocycles. The molecule has 0 saturated heterocycles. The zero-order valence-corrected chi connectivity index (χ0v) is 12.4. The summed E-state index contributed by atoms with van der Waals surface area (Å²) in [6, 6.07) is 6.81. The number of nitrogen functional groups attached to an aromatic ring is 1. The minimum Gasteiger partial charge on any atom is -0.457 e. The molecule has 0 saturated carbocycles. The average Bonchev–Trinajstić information content (AvgIpc) is 2.71. The van der Waals surface area contributed by atoms with Crippen LogP contribution in [0.15, 0.2) is 24.3 Å². The second kappa shape index (κ2) is 5.82. The lowest BCUT2D eigenvalue weighted by molar-refractivity contribution is 0.0478. The largest absolute Gasteiger partial charge is 0.457 e. The van der Waals surface area contributed by atoms with Crippen LogP contribution in [-0.2, 0) is 11.3 Å². The number of aryl methyl sites for hydroxylation is 1. The van der Waals surface area contributed by atoms with E-state index < -0.39 is 5.97 Å². The third kappa shape index (κ3) is 3.21. The van der Waals surface area contributed by atoms with E-state index in [9.17, 15) is 4.79 Å². The molecule has 2 rings (SSSR count). The number of carbonyl (C=O) groups is 1. The normalized spacial score (nSPS) is 10.5. The molecule has 2 N–H and O–H groups in total. The van der Waals surface area contributed by atoms with Crippen molar-refractivity contribution in [3.8, 4) is 0 Å². The van der Waals surface area contributed by atoms with Gasteiger partial charge in [0.1, 0.15) is 11.5 Å². The highest BCUT2D eigenvalue weighted by atomic mass is 35.5. The Kier molecular flexibility index (Phi) is 4.34. The first-order valence-corrected chi connectivity index (χ1v) is 7.02. The summed E-state index contributed by atoms with van der Waals surface area (Å²) in [6.45, 7) is 1.93. The van der Waals surface area contributed by atoms with Crippen molar-refractivity contribution in [3.05, 3.63) is 49.6 Å². The zero-order valence-electron chi connectivity index (χ0n) is 10.1. The van der Waals surface area contributed by atoms with Crippen molar-refractivity contribution < 1.29 is 9.53 Å². The second-order valence-corrected chi connectivity index (χ2v) is 5.95. The average molecular weight is 316 g/mol. The van der Waals surface area contributed by atoms with E-state index >= 15 is 0 Å². The fourth-order valence-electron chi connectivity index (χ4n) is 1.47. The molecule has 1 aromatic carbocycles. The van der Waals surface area contributed by atoms with Crippen LogP contribution in [0.2, 0.25) is 10.0 Å². The number of hydrogen-bond acceptors (Lipinski definition) is 4. The van der Waals surface area contributed by atoms with Gasteiger partial charge in [0.25, 0.3) is 0 Å². The number of ether oxygens (including phenoxy) is 1. The molecule has 0 atom stereocenters. The topological polar surface area (TPSA) is 52.3 Å². The van der Waals surface area contributed by atoms with E-state index in [1.54, 1.807) is 24.3 Å². The molecule has 0 amide bonds. The Hall–Kier alpha value is -1.23. The maximum Gasteiger partial charge on any atom is 0.348 e. The first kappa shape index (κ1) is 14.2. The highest BCUT2D eigenvalue weighted by molar-refractivity contribution is 7.14. The van der Waals surface area contributed by atoms with E-state index in [1.165, 1.54) is 11.3 Å². The molecule has 0 fully saturated rings. The molecule has 0 bridgehead atoms. The Bertz CT molecular complexity index is 606. The molecule has 0 aliphatic heterocycles. The predicted molar refractivity (Wildman–Crippen MR) is 79.0 cm³/mol. The maximum absolute atomic E-state index is 11.8. The molecule has 6 heteroatoms. The Balaban J connectivity index is 2.06. The molecule has 0 unspecified atom stereocenters. The zero-order chi connectivity index (χ0) is 14.0. The lowest BCUT2D eigenvalue weighted by Crippen LogP contribution is -2.03. The van der Waals surface area contributed by atoms with Crippen molar-refractivity contribution >= 4 is 46.2 Å². The Labute approximate surface area is 124 Å². The minimum absolute atomic E-state index is 0.0785. The third-order valence-electron chi connectivity index (χ3n) is 2.55. The van der Waals surface area contributed by atoms with Gasteiger partial charge in [-0.15, -0.1) is 11.3 Å². The van der Waals surface area contributed by atoms with Gasteiger partial charge in [0.2, 0.25) is 0 Å². The summed E-state index contributed by atoms with van der Waals surface area (Å²) >= 11 is 13.2. The molecule has 0 aliphatic carbocycles. The molecule has 0 radical (unpaired) electrons. The van der Waals surface area contributed by atoms with Crippen LogP contribution in [0.4, 0.5) is 5.69 Å². The van der Waals surface area contributed by atoms with E-state index in [0.29, 0.717) is 26.2 Å². The van der Waals surface area contributed by atoms with Gasteiger partial charge in [0, 0.05) is 16.1 Å². The van der Waals surface area contributed by atoms with E-state index in [4.69, 9.17) is 33.7 Å². The van der Waals surface area contributed by atoms with Gasteiger partial charge in [0.15, 0.2) is 0 Å². The summed E-state index contributed by atoms with van der Waals surface area (Å²) < 4.78 is 5.19. The van der Waals surface area contributed by atoms with Crippen LogP contribution < -0.4 is 5.73 Å². The van der Waals surface area contributed by atoms with Gasteiger partial charge in [-0.05, 0) is 19.1 Å². The van der Waals surface area contributed by atoms with Crippen molar-refractivity contribution in [2.75, 3.05) is 5.73 Å². The van der Waals surface area contributed by atoms with E-state index in [-0.39, 0.29) is 6.61 Å². The monoisotopic (exact) mass is 315 g/mol. The van der Waals surface area contributed by atoms with E-state index in [1.807, 2.05) is 6.92 Å². The van der Waals surface area contributed by atoms with Crippen LogP contribution >= 0.6 is 34.5 Å². The summed E-state index contributed by atoms with van der Waals surface area (Å²) in [5.74, 6) is -0.416. The summed E-state index contributed by atoms with van der Waals surface area (Å²) in [5, 5.41) is 0.838. The van der Waals surface area contributed by atoms with Gasteiger partial charge >= 0.3 is 5.97 Å². The number of anilines is 1. The summed E-state index contributed by atoms with van der Waals surface area (Å²) in [5.41, 5.74) is 6.96. The molecule has 0 spiro atoms. The van der Waals surface area contributed by atoms with Crippen molar-refractivity contribution in [2.45, 2.75) is 13.5 Å². The summed E-state index contributed by atoms with van der Waals surface area (Å²) in [7, 11) is 0. The van der Waals surface area contributed by atoms with Crippen LogP contribution in [0.3, 0.4) is 0 Å². The molecule has 1 aromatic heterocycles. The number of nitrogens with two attached hydrogens (primary N) is 1. The fraction of sp³-hybridized carbons (Fsp3) is 0.154. The lowest BCUT2D eigenvalue weighted by atomic mass is 10.2. The number of rotatable bonds is 3. The number of hydrogen-bond donors (Lipinski definition) is 1. The summed E-state index contributed by atoms with van der Waals surface area (Å²) in [4.78, 5) is 13.2. The third-order valence-corrected chi connectivity index (χ3v) is 4.45. The van der Waals surface area contributed by atoms with Crippen LogP contribution in [-0.4, -0.2) is 5.97 Å². The Morgan fingerprint density at radius 3 is 2.79 bits per heavy atom. The van der Waals surface area contributed by atoms with Crippen molar-refractivity contribution in [2.24, 2.45) is 0 Å². The van der Waals surface area contributed by atoms with Gasteiger partial charge in [-0.3, -0.25) is 0 Å². The second-order valence-electron chi connectivity index (χ2n) is 3.91. The first-order chi connectivity index (χ1) is 8.99. The van der Waals surface area contributed by atoms with Crippen molar-refractivity contribution in [3.63, 3.8) is 0 Å². The minimum atomic E-state index is -0.416. The van der Waals surface area contributed by atoms with E-state index in [2.05, 4.69) is 0 Å². The standard InChI is InChI=1S/C13H11Cl2NO2S/c1-7-10(16)5-11(19-7)13(17)18-6-8-3-2-4-9(14)12(8)15/h2-5H,6,16H2,1H3. The number of carbonyl (C=O) groups excluding carboxylic acids is 1. The first-order valence-electron chi connectivity index (χ1n) is 5.45. The highest BCUT2D eigenvalue weighted by Crippen LogP contribution is 2.27. The Morgan fingerprint density at radius 1 is 1.42 bits per heavy atom. The van der Waals surface area contributed by atoms with Crippen molar-refractivity contribution in [1.29, 1.82) is 0 Å². The molecule has 0 aliphatic rings. The maximum atomic E-state index is 11.8. The van der Waals surface area contributed by atoms with Gasteiger partial charge in [0.05, 0.1) is 10.0 Å². The van der Waals surface area contributed by atoms with Crippen LogP contribution in [0.1, 0.15) is 20.1 Å². The van der Waals surface area contributed by atoms with Gasteiger partial charge in [-0.1, -0.05) is 35.3 Å². The molecular weight excluding hydrogens is 305 g/mol.